The highest BCUT2D eigenvalue weighted by Gasteiger charge is 2.22. The largest absolute Gasteiger partial charge is 0.302 e. The second kappa shape index (κ2) is 8.16. The van der Waals surface area contributed by atoms with Gasteiger partial charge >= 0.3 is 0 Å². The van der Waals surface area contributed by atoms with Crippen molar-refractivity contribution < 1.29 is 0 Å². The van der Waals surface area contributed by atoms with Gasteiger partial charge in [-0.05, 0) is 30.5 Å². The number of rotatable bonds is 6. The summed E-state index contributed by atoms with van der Waals surface area (Å²) in [5.41, 5.74) is 1.88. The minimum Gasteiger partial charge on any atom is -0.302 e. The zero-order valence-electron chi connectivity index (χ0n) is 13.8. The van der Waals surface area contributed by atoms with Crippen LogP contribution in [0.3, 0.4) is 0 Å². The monoisotopic (exact) mass is 338 g/mol. The van der Waals surface area contributed by atoms with E-state index in [1.165, 1.54) is 37.7 Å². The van der Waals surface area contributed by atoms with Gasteiger partial charge in [0.15, 0.2) is 5.16 Å². The molecule has 1 heterocycles. The van der Waals surface area contributed by atoms with Gasteiger partial charge < -0.3 is 4.57 Å². The van der Waals surface area contributed by atoms with Gasteiger partial charge in [-0.1, -0.05) is 49.2 Å². The molecule has 1 aromatic heterocycles. The van der Waals surface area contributed by atoms with Crippen LogP contribution in [0.4, 0.5) is 0 Å². The van der Waals surface area contributed by atoms with E-state index >= 15 is 0 Å². The fraction of sp³-hybridized carbons (Fsp3) is 0.421. The first-order valence-corrected chi connectivity index (χ1v) is 9.46. The number of thioether (sulfide) groups is 1. The van der Waals surface area contributed by atoms with Gasteiger partial charge in [-0.25, -0.2) is 0 Å². The van der Waals surface area contributed by atoms with E-state index in [9.17, 15) is 0 Å². The third-order valence-electron chi connectivity index (χ3n) is 4.48. The standard InChI is InChI=1S/C19H22N4S/c1-2-12-23-18(17-6-4-3-5-7-17)21-22-19(23)24-14-16-10-8-15(13-20)9-11-16/h2,8-11,17H,1,3-7,12,14H2. The summed E-state index contributed by atoms with van der Waals surface area (Å²) < 4.78 is 2.22. The summed E-state index contributed by atoms with van der Waals surface area (Å²) in [5, 5.41) is 18.8. The molecular weight excluding hydrogens is 316 g/mol. The van der Waals surface area contributed by atoms with Crippen molar-refractivity contribution in [3.63, 3.8) is 0 Å². The molecule has 2 aromatic rings. The lowest BCUT2D eigenvalue weighted by Crippen LogP contribution is -2.12. The molecule has 0 bridgehead atoms. The SMILES string of the molecule is C=CCn1c(SCc2ccc(C#N)cc2)nnc1C1CCCCC1. The van der Waals surface area contributed by atoms with E-state index in [2.05, 4.69) is 27.4 Å². The molecule has 0 saturated heterocycles. The van der Waals surface area contributed by atoms with Gasteiger partial charge in [0, 0.05) is 18.2 Å². The number of nitriles is 1. The highest BCUT2D eigenvalue weighted by Crippen LogP contribution is 2.33. The molecule has 1 fully saturated rings. The van der Waals surface area contributed by atoms with Crippen molar-refractivity contribution >= 4 is 11.8 Å². The van der Waals surface area contributed by atoms with E-state index in [4.69, 9.17) is 5.26 Å². The van der Waals surface area contributed by atoms with Crippen molar-refractivity contribution in [3.05, 3.63) is 53.9 Å². The summed E-state index contributed by atoms with van der Waals surface area (Å²) >= 11 is 1.70. The molecule has 0 N–H and O–H groups in total. The van der Waals surface area contributed by atoms with E-state index in [1.54, 1.807) is 11.8 Å². The fourth-order valence-electron chi connectivity index (χ4n) is 3.19. The van der Waals surface area contributed by atoms with Crippen molar-refractivity contribution in [2.45, 2.75) is 55.5 Å². The Morgan fingerprint density at radius 3 is 2.62 bits per heavy atom. The van der Waals surface area contributed by atoms with E-state index < -0.39 is 0 Å². The van der Waals surface area contributed by atoms with Gasteiger partial charge in [0.05, 0.1) is 11.6 Å². The minimum absolute atomic E-state index is 0.537. The maximum Gasteiger partial charge on any atom is 0.191 e. The third-order valence-corrected chi connectivity index (χ3v) is 5.52. The Morgan fingerprint density at radius 1 is 1.21 bits per heavy atom. The van der Waals surface area contributed by atoms with Crippen LogP contribution in [0.1, 0.15) is 55.0 Å². The number of aromatic nitrogens is 3. The molecule has 24 heavy (non-hydrogen) atoms. The van der Waals surface area contributed by atoms with Crippen LogP contribution in [0.15, 0.2) is 42.1 Å². The van der Waals surface area contributed by atoms with E-state index in [1.807, 2.05) is 30.3 Å². The number of benzene rings is 1. The van der Waals surface area contributed by atoms with Crippen LogP contribution in [-0.2, 0) is 12.3 Å². The molecule has 1 aromatic carbocycles. The van der Waals surface area contributed by atoms with Crippen LogP contribution in [-0.4, -0.2) is 14.8 Å². The first kappa shape index (κ1) is 16.8. The third kappa shape index (κ3) is 3.88. The molecule has 0 radical (unpaired) electrons. The Bertz CT molecular complexity index is 721. The molecule has 0 amide bonds. The molecule has 1 aliphatic rings. The molecule has 1 saturated carbocycles. The summed E-state index contributed by atoms with van der Waals surface area (Å²) in [7, 11) is 0. The molecule has 0 unspecified atom stereocenters. The van der Waals surface area contributed by atoms with Crippen LogP contribution in [0.2, 0.25) is 0 Å². The molecule has 4 nitrogen and oxygen atoms in total. The lowest BCUT2D eigenvalue weighted by atomic mass is 9.89. The zero-order chi connectivity index (χ0) is 16.8. The van der Waals surface area contributed by atoms with Crippen molar-refractivity contribution in [2.75, 3.05) is 0 Å². The summed E-state index contributed by atoms with van der Waals surface area (Å²) in [4.78, 5) is 0. The van der Waals surface area contributed by atoms with Gasteiger partial charge in [0.25, 0.3) is 0 Å². The molecular formula is C19H22N4S. The van der Waals surface area contributed by atoms with Gasteiger partial charge in [-0.15, -0.1) is 16.8 Å². The Morgan fingerprint density at radius 2 is 1.96 bits per heavy atom. The van der Waals surface area contributed by atoms with Crippen molar-refractivity contribution in [1.82, 2.24) is 14.8 Å². The Balaban J connectivity index is 1.73. The first-order chi connectivity index (χ1) is 11.8. The van der Waals surface area contributed by atoms with Crippen LogP contribution in [0.5, 0.6) is 0 Å². The van der Waals surface area contributed by atoms with Gasteiger partial charge in [-0.3, -0.25) is 0 Å². The van der Waals surface area contributed by atoms with Crippen LogP contribution >= 0.6 is 11.8 Å². The molecule has 0 aliphatic heterocycles. The van der Waals surface area contributed by atoms with Crippen molar-refractivity contribution in [2.24, 2.45) is 0 Å². The molecule has 3 rings (SSSR count). The Kier molecular flexibility index (Phi) is 5.71. The van der Waals surface area contributed by atoms with E-state index in [0.717, 1.165) is 23.3 Å². The molecule has 124 valence electrons. The average molecular weight is 338 g/mol. The number of allylic oxidation sites excluding steroid dienone is 1. The normalized spacial score (nSPS) is 15.1. The highest BCUT2D eigenvalue weighted by molar-refractivity contribution is 7.98. The van der Waals surface area contributed by atoms with Gasteiger partial charge in [0.1, 0.15) is 5.82 Å². The van der Waals surface area contributed by atoms with E-state index in [-0.39, 0.29) is 0 Å². The molecule has 5 heteroatoms. The second-order valence-corrected chi connectivity index (χ2v) is 7.11. The van der Waals surface area contributed by atoms with Crippen LogP contribution < -0.4 is 0 Å². The van der Waals surface area contributed by atoms with Gasteiger partial charge in [0.2, 0.25) is 0 Å². The summed E-state index contributed by atoms with van der Waals surface area (Å²) in [6.07, 6.45) is 8.28. The lowest BCUT2D eigenvalue weighted by molar-refractivity contribution is 0.415. The lowest BCUT2D eigenvalue weighted by Gasteiger charge is -2.21. The van der Waals surface area contributed by atoms with Gasteiger partial charge in [-0.2, -0.15) is 5.26 Å². The van der Waals surface area contributed by atoms with Crippen molar-refractivity contribution in [1.29, 1.82) is 5.26 Å². The quantitative estimate of drug-likeness (QED) is 0.567. The predicted molar refractivity (Wildman–Crippen MR) is 96.8 cm³/mol. The number of nitrogens with zero attached hydrogens (tertiary/aromatic N) is 4. The number of hydrogen-bond acceptors (Lipinski definition) is 4. The minimum atomic E-state index is 0.537. The Labute approximate surface area is 147 Å². The highest BCUT2D eigenvalue weighted by atomic mass is 32.2. The molecule has 0 atom stereocenters. The predicted octanol–water partition coefficient (Wildman–Crippen LogP) is 4.68. The zero-order valence-corrected chi connectivity index (χ0v) is 14.6. The topological polar surface area (TPSA) is 54.5 Å². The summed E-state index contributed by atoms with van der Waals surface area (Å²) in [5.74, 6) is 2.48. The number of hydrogen-bond donors (Lipinski definition) is 0. The first-order valence-electron chi connectivity index (χ1n) is 8.47. The fourth-order valence-corrected chi connectivity index (χ4v) is 4.10. The summed E-state index contributed by atoms with van der Waals surface area (Å²) in [6.45, 7) is 4.64. The second-order valence-electron chi connectivity index (χ2n) is 6.17. The Hall–Kier alpha value is -2.06. The molecule has 1 aliphatic carbocycles. The van der Waals surface area contributed by atoms with Crippen LogP contribution in [0, 0.1) is 11.3 Å². The smallest absolute Gasteiger partial charge is 0.191 e. The maximum absolute atomic E-state index is 8.87. The van der Waals surface area contributed by atoms with Crippen molar-refractivity contribution in [3.8, 4) is 6.07 Å². The average Bonchev–Trinajstić information content (AvgIpc) is 3.04. The summed E-state index contributed by atoms with van der Waals surface area (Å²) in [6, 6.07) is 9.87. The molecule has 0 spiro atoms. The van der Waals surface area contributed by atoms with Crippen LogP contribution in [0.25, 0.3) is 0 Å². The maximum atomic E-state index is 8.87. The van der Waals surface area contributed by atoms with E-state index in [0.29, 0.717) is 11.5 Å².